The van der Waals surface area contributed by atoms with Crippen LogP contribution in [0.3, 0.4) is 0 Å². The van der Waals surface area contributed by atoms with Crippen molar-refractivity contribution in [1.82, 2.24) is 0 Å². The van der Waals surface area contributed by atoms with E-state index in [0.717, 1.165) is 28.8 Å². The SMILES string of the molecule is COc1c(C#N)cccc1-c1cc2c(c(C)c1Cl)NC(C)(C)CC2C. The lowest BCUT2D eigenvalue weighted by atomic mass is 9.79. The lowest BCUT2D eigenvalue weighted by molar-refractivity contribution is 0.415. The number of anilines is 1. The lowest BCUT2D eigenvalue weighted by Crippen LogP contribution is -2.37. The number of para-hydroxylation sites is 1. The van der Waals surface area contributed by atoms with Gasteiger partial charge in [-0.05, 0) is 56.4 Å². The normalized spacial score (nSPS) is 18.0. The first-order valence-corrected chi connectivity index (χ1v) is 8.85. The molecule has 4 heteroatoms. The molecule has 25 heavy (non-hydrogen) atoms. The van der Waals surface area contributed by atoms with E-state index >= 15 is 0 Å². The maximum Gasteiger partial charge on any atom is 0.144 e. The average Bonchev–Trinajstić information content (AvgIpc) is 2.57. The number of hydrogen-bond acceptors (Lipinski definition) is 3. The molecule has 1 aliphatic heterocycles. The third-order valence-electron chi connectivity index (χ3n) is 4.97. The number of rotatable bonds is 2. The van der Waals surface area contributed by atoms with Gasteiger partial charge >= 0.3 is 0 Å². The minimum atomic E-state index is 0.0421. The molecule has 0 spiro atoms. The topological polar surface area (TPSA) is 45.0 Å². The Hall–Kier alpha value is -2.18. The van der Waals surface area contributed by atoms with Crippen LogP contribution >= 0.6 is 11.6 Å². The van der Waals surface area contributed by atoms with E-state index in [-0.39, 0.29) is 5.54 Å². The highest BCUT2D eigenvalue weighted by Gasteiger charge is 2.32. The molecule has 0 saturated heterocycles. The number of halogens is 1. The molecule has 3 nitrogen and oxygen atoms in total. The van der Waals surface area contributed by atoms with E-state index in [1.165, 1.54) is 5.56 Å². The average molecular weight is 355 g/mol. The van der Waals surface area contributed by atoms with Crippen molar-refractivity contribution in [2.75, 3.05) is 12.4 Å². The van der Waals surface area contributed by atoms with Crippen molar-refractivity contribution in [3.8, 4) is 22.9 Å². The quantitative estimate of drug-likeness (QED) is 0.730. The van der Waals surface area contributed by atoms with Crippen molar-refractivity contribution in [2.45, 2.75) is 45.6 Å². The van der Waals surface area contributed by atoms with Crippen LogP contribution in [0.25, 0.3) is 11.1 Å². The molecule has 0 aliphatic carbocycles. The van der Waals surface area contributed by atoms with E-state index < -0.39 is 0 Å². The van der Waals surface area contributed by atoms with Gasteiger partial charge in [0.1, 0.15) is 11.8 Å². The van der Waals surface area contributed by atoms with Gasteiger partial charge in [0.2, 0.25) is 0 Å². The molecular formula is C21H23ClN2O. The van der Waals surface area contributed by atoms with Gasteiger partial charge < -0.3 is 10.1 Å². The first kappa shape index (κ1) is 17.6. The maximum atomic E-state index is 9.36. The van der Waals surface area contributed by atoms with Gasteiger partial charge in [-0.3, -0.25) is 0 Å². The molecule has 3 rings (SSSR count). The molecule has 0 amide bonds. The molecule has 130 valence electrons. The fraction of sp³-hybridized carbons (Fsp3) is 0.381. The van der Waals surface area contributed by atoms with Gasteiger partial charge in [0.15, 0.2) is 0 Å². The standard InChI is InChI=1S/C21H23ClN2O/c1-12-10-21(3,4)24-19-13(2)18(22)17(9-16(12)19)15-8-6-7-14(11-23)20(15)25-5/h6-9,12,24H,10H2,1-5H3. The van der Waals surface area contributed by atoms with E-state index in [2.05, 4.69) is 38.2 Å². The number of nitriles is 1. The van der Waals surface area contributed by atoms with Crippen LogP contribution in [-0.4, -0.2) is 12.6 Å². The Morgan fingerprint density at radius 3 is 2.68 bits per heavy atom. The number of nitrogens with zero attached hydrogens (tertiary/aromatic N) is 1. The van der Waals surface area contributed by atoms with Crippen LogP contribution < -0.4 is 10.1 Å². The summed E-state index contributed by atoms with van der Waals surface area (Å²) in [6.07, 6.45) is 1.05. The van der Waals surface area contributed by atoms with E-state index in [4.69, 9.17) is 16.3 Å². The Balaban J connectivity index is 2.27. The Morgan fingerprint density at radius 1 is 1.32 bits per heavy atom. The van der Waals surface area contributed by atoms with Crippen LogP contribution in [0.1, 0.15) is 49.8 Å². The summed E-state index contributed by atoms with van der Waals surface area (Å²) in [5, 5.41) is 13.7. The molecule has 0 radical (unpaired) electrons. The predicted molar refractivity (Wildman–Crippen MR) is 104 cm³/mol. The van der Waals surface area contributed by atoms with E-state index in [1.807, 2.05) is 19.1 Å². The molecule has 0 aromatic heterocycles. The van der Waals surface area contributed by atoms with Crippen LogP contribution in [0.15, 0.2) is 24.3 Å². The number of ether oxygens (including phenoxy) is 1. The third kappa shape index (κ3) is 2.96. The first-order valence-electron chi connectivity index (χ1n) is 8.47. The Labute approximate surface area is 154 Å². The number of hydrogen-bond donors (Lipinski definition) is 1. The summed E-state index contributed by atoms with van der Waals surface area (Å²) >= 11 is 6.75. The largest absolute Gasteiger partial charge is 0.495 e. The minimum absolute atomic E-state index is 0.0421. The number of methoxy groups -OCH3 is 1. The van der Waals surface area contributed by atoms with Gasteiger partial charge in [-0.25, -0.2) is 0 Å². The molecule has 2 aromatic carbocycles. The van der Waals surface area contributed by atoms with Gasteiger partial charge in [-0.15, -0.1) is 0 Å². The number of nitrogens with one attached hydrogen (secondary N) is 1. The van der Waals surface area contributed by atoms with Crippen LogP contribution in [0.2, 0.25) is 5.02 Å². The fourth-order valence-corrected chi connectivity index (χ4v) is 4.14. The second kappa shape index (κ2) is 6.28. The van der Waals surface area contributed by atoms with Crippen molar-refractivity contribution >= 4 is 17.3 Å². The molecule has 1 unspecified atom stereocenters. The van der Waals surface area contributed by atoms with Gasteiger partial charge in [0.25, 0.3) is 0 Å². The molecule has 2 aromatic rings. The van der Waals surface area contributed by atoms with Gasteiger partial charge in [-0.1, -0.05) is 30.7 Å². The van der Waals surface area contributed by atoms with Crippen molar-refractivity contribution in [3.05, 3.63) is 46.0 Å². The van der Waals surface area contributed by atoms with Crippen molar-refractivity contribution < 1.29 is 4.74 Å². The zero-order chi connectivity index (χ0) is 18.4. The molecular weight excluding hydrogens is 332 g/mol. The smallest absolute Gasteiger partial charge is 0.144 e. The van der Waals surface area contributed by atoms with Crippen LogP contribution in [0.5, 0.6) is 5.75 Å². The minimum Gasteiger partial charge on any atom is -0.495 e. The van der Waals surface area contributed by atoms with Crippen LogP contribution in [0.4, 0.5) is 5.69 Å². The van der Waals surface area contributed by atoms with Gasteiger partial charge in [0, 0.05) is 22.4 Å². The molecule has 0 bridgehead atoms. The molecule has 0 fully saturated rings. The molecule has 1 N–H and O–H groups in total. The summed E-state index contributed by atoms with van der Waals surface area (Å²) in [6.45, 7) is 8.73. The molecule has 1 atom stereocenters. The second-order valence-electron chi connectivity index (χ2n) is 7.44. The summed E-state index contributed by atoms with van der Waals surface area (Å²) in [4.78, 5) is 0. The zero-order valence-corrected chi connectivity index (χ0v) is 16.1. The van der Waals surface area contributed by atoms with Crippen molar-refractivity contribution in [2.24, 2.45) is 0 Å². The highest BCUT2D eigenvalue weighted by atomic mass is 35.5. The second-order valence-corrected chi connectivity index (χ2v) is 7.82. The molecule has 1 aliphatic rings. The molecule has 0 saturated carbocycles. The Morgan fingerprint density at radius 2 is 2.04 bits per heavy atom. The Kier molecular flexibility index (Phi) is 4.43. The van der Waals surface area contributed by atoms with E-state index in [0.29, 0.717) is 22.3 Å². The maximum absolute atomic E-state index is 9.36. The number of fused-ring (bicyclic) bond motifs is 1. The fourth-order valence-electron chi connectivity index (χ4n) is 3.89. The van der Waals surface area contributed by atoms with Gasteiger partial charge in [0.05, 0.1) is 17.7 Å². The Bertz CT molecular complexity index is 880. The van der Waals surface area contributed by atoms with Gasteiger partial charge in [-0.2, -0.15) is 5.26 Å². The highest BCUT2D eigenvalue weighted by molar-refractivity contribution is 6.34. The van der Waals surface area contributed by atoms with E-state index in [9.17, 15) is 5.26 Å². The highest BCUT2D eigenvalue weighted by Crippen LogP contribution is 2.47. The summed E-state index contributed by atoms with van der Waals surface area (Å²) in [5.74, 6) is 0.995. The van der Waals surface area contributed by atoms with Crippen LogP contribution in [-0.2, 0) is 0 Å². The van der Waals surface area contributed by atoms with Crippen LogP contribution in [0, 0.1) is 18.3 Å². The molecule has 1 heterocycles. The third-order valence-corrected chi connectivity index (χ3v) is 5.46. The first-order chi connectivity index (χ1) is 11.8. The van der Waals surface area contributed by atoms with Crippen molar-refractivity contribution in [1.29, 1.82) is 5.26 Å². The lowest BCUT2D eigenvalue weighted by Gasteiger charge is -2.39. The summed E-state index contributed by atoms with van der Waals surface area (Å²) in [6, 6.07) is 9.92. The summed E-state index contributed by atoms with van der Waals surface area (Å²) in [5.41, 5.74) is 5.76. The summed E-state index contributed by atoms with van der Waals surface area (Å²) in [7, 11) is 1.59. The monoisotopic (exact) mass is 354 g/mol. The predicted octanol–water partition coefficient (Wildman–Crippen LogP) is 5.89. The summed E-state index contributed by atoms with van der Waals surface area (Å²) < 4.78 is 5.52. The van der Waals surface area contributed by atoms with E-state index in [1.54, 1.807) is 13.2 Å². The number of benzene rings is 2. The van der Waals surface area contributed by atoms with Crippen molar-refractivity contribution in [3.63, 3.8) is 0 Å². The zero-order valence-electron chi connectivity index (χ0n) is 15.3.